The van der Waals surface area contributed by atoms with E-state index in [9.17, 15) is 8.42 Å². The number of nitrogens with one attached hydrogen (secondary N) is 1. The van der Waals surface area contributed by atoms with Crippen molar-refractivity contribution in [2.45, 2.75) is 18.2 Å². The van der Waals surface area contributed by atoms with Gasteiger partial charge >= 0.3 is 0 Å². The summed E-state index contributed by atoms with van der Waals surface area (Å²) in [5.41, 5.74) is 7.69. The number of halogens is 1. The van der Waals surface area contributed by atoms with Crippen molar-refractivity contribution in [3.05, 3.63) is 58.6 Å². The minimum Gasteiger partial charge on any atom is -0.397 e. The Bertz CT molecular complexity index is 708. The molecule has 0 amide bonds. The van der Waals surface area contributed by atoms with E-state index in [2.05, 4.69) is 4.72 Å². The quantitative estimate of drug-likeness (QED) is 0.831. The standard InChI is InChI=1S/C15H17ClN2O2S/c1-11-9-13(10-14(17)15(11)16)21(19,20)18-8-7-12-5-3-2-4-6-12/h2-6,9-10,18H,7-8,17H2,1H3. The van der Waals surface area contributed by atoms with Crippen molar-refractivity contribution in [2.24, 2.45) is 0 Å². The average molecular weight is 325 g/mol. The fraction of sp³-hybridized carbons (Fsp3) is 0.200. The molecule has 0 aliphatic heterocycles. The molecular formula is C15H17ClN2O2S. The van der Waals surface area contributed by atoms with Gasteiger partial charge in [0.15, 0.2) is 0 Å². The van der Waals surface area contributed by atoms with Gasteiger partial charge in [-0.05, 0) is 36.6 Å². The van der Waals surface area contributed by atoms with Gasteiger partial charge in [0.1, 0.15) is 0 Å². The fourth-order valence-electron chi connectivity index (χ4n) is 1.98. The maximum absolute atomic E-state index is 12.2. The third-order valence-electron chi connectivity index (χ3n) is 3.12. The molecule has 112 valence electrons. The normalized spacial score (nSPS) is 11.5. The van der Waals surface area contributed by atoms with Crippen LogP contribution in [-0.4, -0.2) is 15.0 Å². The van der Waals surface area contributed by atoms with Gasteiger partial charge in [0.2, 0.25) is 10.0 Å². The van der Waals surface area contributed by atoms with Gasteiger partial charge in [0, 0.05) is 6.54 Å². The Kier molecular flexibility index (Phi) is 4.88. The Morgan fingerprint density at radius 1 is 1.19 bits per heavy atom. The van der Waals surface area contributed by atoms with Crippen LogP contribution in [0, 0.1) is 6.92 Å². The summed E-state index contributed by atoms with van der Waals surface area (Å²) in [7, 11) is -3.58. The zero-order chi connectivity index (χ0) is 15.5. The molecule has 0 radical (unpaired) electrons. The molecule has 0 heterocycles. The van der Waals surface area contributed by atoms with Crippen LogP contribution in [0.4, 0.5) is 5.69 Å². The summed E-state index contributed by atoms with van der Waals surface area (Å²) in [5.74, 6) is 0. The van der Waals surface area contributed by atoms with Crippen LogP contribution in [0.1, 0.15) is 11.1 Å². The molecule has 6 heteroatoms. The van der Waals surface area contributed by atoms with Crippen molar-refractivity contribution in [1.29, 1.82) is 0 Å². The zero-order valence-electron chi connectivity index (χ0n) is 11.6. The molecule has 0 saturated carbocycles. The summed E-state index contributed by atoms with van der Waals surface area (Å²) < 4.78 is 27.0. The van der Waals surface area contributed by atoms with Gasteiger partial charge in [-0.3, -0.25) is 0 Å². The van der Waals surface area contributed by atoms with E-state index in [0.29, 0.717) is 23.6 Å². The van der Waals surface area contributed by atoms with Crippen LogP contribution in [0.2, 0.25) is 5.02 Å². The average Bonchev–Trinajstić information content (AvgIpc) is 2.45. The predicted molar refractivity (Wildman–Crippen MR) is 85.9 cm³/mol. The van der Waals surface area contributed by atoms with Gasteiger partial charge in [-0.15, -0.1) is 0 Å². The molecule has 2 aromatic carbocycles. The molecule has 0 unspecified atom stereocenters. The van der Waals surface area contributed by atoms with Crippen LogP contribution in [0.5, 0.6) is 0 Å². The van der Waals surface area contributed by atoms with Gasteiger partial charge in [-0.1, -0.05) is 41.9 Å². The first-order valence-electron chi connectivity index (χ1n) is 6.49. The van der Waals surface area contributed by atoms with Crippen LogP contribution in [0.25, 0.3) is 0 Å². The van der Waals surface area contributed by atoms with E-state index in [1.54, 1.807) is 6.92 Å². The molecule has 0 saturated heterocycles. The van der Waals surface area contributed by atoms with E-state index in [0.717, 1.165) is 5.56 Å². The van der Waals surface area contributed by atoms with Crippen molar-refractivity contribution in [3.63, 3.8) is 0 Å². The summed E-state index contributed by atoms with van der Waals surface area (Å²) in [6.45, 7) is 2.05. The number of sulfonamides is 1. The highest BCUT2D eigenvalue weighted by molar-refractivity contribution is 7.89. The van der Waals surface area contributed by atoms with Crippen LogP contribution >= 0.6 is 11.6 Å². The van der Waals surface area contributed by atoms with Gasteiger partial charge in [0.05, 0.1) is 15.6 Å². The highest BCUT2D eigenvalue weighted by atomic mass is 35.5. The fourth-order valence-corrected chi connectivity index (χ4v) is 3.24. The third kappa shape index (κ3) is 3.97. The Labute approximate surface area is 130 Å². The van der Waals surface area contributed by atoms with E-state index in [1.807, 2.05) is 30.3 Å². The molecule has 0 aliphatic rings. The second-order valence-corrected chi connectivity index (χ2v) is 6.92. The number of nitrogens with two attached hydrogens (primary N) is 1. The van der Waals surface area contributed by atoms with Crippen molar-refractivity contribution in [1.82, 2.24) is 4.72 Å². The number of benzene rings is 2. The molecule has 0 atom stereocenters. The summed E-state index contributed by atoms with van der Waals surface area (Å²) >= 11 is 5.94. The van der Waals surface area contributed by atoms with E-state index in [4.69, 9.17) is 17.3 Å². The first kappa shape index (κ1) is 15.8. The number of aryl methyl sites for hydroxylation is 1. The molecule has 3 N–H and O–H groups in total. The molecule has 0 fully saturated rings. The molecule has 21 heavy (non-hydrogen) atoms. The lowest BCUT2D eigenvalue weighted by atomic mass is 10.2. The lowest BCUT2D eigenvalue weighted by Gasteiger charge is -2.10. The lowest BCUT2D eigenvalue weighted by molar-refractivity contribution is 0.581. The number of hydrogen-bond donors (Lipinski definition) is 2. The summed E-state index contributed by atoms with van der Waals surface area (Å²) in [5, 5.41) is 0.387. The van der Waals surface area contributed by atoms with E-state index in [1.165, 1.54) is 12.1 Å². The van der Waals surface area contributed by atoms with Crippen molar-refractivity contribution in [2.75, 3.05) is 12.3 Å². The molecule has 2 aromatic rings. The van der Waals surface area contributed by atoms with Gasteiger partial charge in [-0.25, -0.2) is 13.1 Å². The zero-order valence-corrected chi connectivity index (χ0v) is 13.2. The maximum Gasteiger partial charge on any atom is 0.240 e. The second-order valence-electron chi connectivity index (χ2n) is 4.78. The van der Waals surface area contributed by atoms with Gasteiger partial charge < -0.3 is 5.73 Å². The van der Waals surface area contributed by atoms with Crippen LogP contribution in [0.15, 0.2) is 47.4 Å². The highest BCUT2D eigenvalue weighted by Gasteiger charge is 2.16. The first-order valence-corrected chi connectivity index (χ1v) is 8.35. The summed E-state index contributed by atoms with van der Waals surface area (Å²) in [6.07, 6.45) is 0.627. The number of nitrogen functional groups attached to an aromatic ring is 1. The SMILES string of the molecule is Cc1cc(S(=O)(=O)NCCc2ccccc2)cc(N)c1Cl. The molecule has 0 aliphatic carbocycles. The number of anilines is 1. The summed E-state index contributed by atoms with van der Waals surface area (Å²) in [6, 6.07) is 12.6. The monoisotopic (exact) mass is 324 g/mol. The van der Waals surface area contributed by atoms with E-state index in [-0.39, 0.29) is 10.6 Å². The minimum atomic E-state index is -3.58. The molecule has 2 rings (SSSR count). The van der Waals surface area contributed by atoms with Crippen LogP contribution in [0.3, 0.4) is 0 Å². The third-order valence-corrected chi connectivity index (χ3v) is 5.07. The Balaban J connectivity index is 2.09. The Hall–Kier alpha value is -1.56. The lowest BCUT2D eigenvalue weighted by Crippen LogP contribution is -2.26. The number of rotatable bonds is 5. The Morgan fingerprint density at radius 3 is 2.48 bits per heavy atom. The maximum atomic E-state index is 12.2. The molecule has 0 bridgehead atoms. The predicted octanol–water partition coefficient (Wildman–Crippen LogP) is 2.75. The highest BCUT2D eigenvalue weighted by Crippen LogP contribution is 2.26. The molecular weight excluding hydrogens is 308 g/mol. The smallest absolute Gasteiger partial charge is 0.240 e. The first-order chi connectivity index (χ1) is 9.90. The van der Waals surface area contributed by atoms with Crippen molar-refractivity contribution >= 4 is 27.3 Å². The van der Waals surface area contributed by atoms with E-state index < -0.39 is 10.0 Å². The Morgan fingerprint density at radius 2 is 1.86 bits per heavy atom. The second kappa shape index (κ2) is 6.47. The van der Waals surface area contributed by atoms with E-state index >= 15 is 0 Å². The molecule has 0 aromatic heterocycles. The van der Waals surface area contributed by atoms with Crippen LogP contribution in [-0.2, 0) is 16.4 Å². The van der Waals surface area contributed by atoms with Gasteiger partial charge in [0.25, 0.3) is 0 Å². The minimum absolute atomic E-state index is 0.134. The summed E-state index contributed by atoms with van der Waals surface area (Å²) in [4.78, 5) is 0.134. The molecule has 4 nitrogen and oxygen atoms in total. The van der Waals surface area contributed by atoms with Crippen molar-refractivity contribution in [3.8, 4) is 0 Å². The van der Waals surface area contributed by atoms with Crippen molar-refractivity contribution < 1.29 is 8.42 Å². The number of hydrogen-bond acceptors (Lipinski definition) is 3. The topological polar surface area (TPSA) is 72.2 Å². The van der Waals surface area contributed by atoms with Crippen LogP contribution < -0.4 is 10.5 Å². The van der Waals surface area contributed by atoms with Gasteiger partial charge in [-0.2, -0.15) is 0 Å². The largest absolute Gasteiger partial charge is 0.397 e. The molecule has 0 spiro atoms.